The van der Waals surface area contributed by atoms with Gasteiger partial charge in [-0.15, -0.1) is 0 Å². The average Bonchev–Trinajstić information content (AvgIpc) is 2.99. The molecule has 1 aliphatic carbocycles. The molecule has 1 rings (SSSR count). The molecule has 0 aromatic rings. The molecule has 1 aliphatic rings. The molecule has 0 radical (unpaired) electrons. The molecule has 0 aliphatic heterocycles. The highest BCUT2D eigenvalue weighted by Gasteiger charge is 2.33. The molecule has 1 atom stereocenters. The van der Waals surface area contributed by atoms with Crippen LogP contribution < -0.4 is 10.6 Å². The van der Waals surface area contributed by atoms with Crippen LogP contribution in [-0.2, 0) is 9.59 Å². The molecule has 1 unspecified atom stereocenters. The van der Waals surface area contributed by atoms with Gasteiger partial charge in [-0.3, -0.25) is 9.59 Å². The van der Waals surface area contributed by atoms with Crippen LogP contribution in [0.3, 0.4) is 0 Å². The van der Waals surface area contributed by atoms with Gasteiger partial charge in [0.05, 0.1) is 6.42 Å². The van der Waals surface area contributed by atoms with Gasteiger partial charge in [0.15, 0.2) is 0 Å². The summed E-state index contributed by atoms with van der Waals surface area (Å²) in [5, 5.41) is 14.6. The molecule has 0 bridgehead atoms. The second-order valence-corrected chi connectivity index (χ2v) is 4.21. The van der Waals surface area contributed by atoms with E-state index in [9.17, 15) is 9.59 Å². The molecule has 16 heavy (non-hydrogen) atoms. The number of rotatable bonds is 8. The highest BCUT2D eigenvalue weighted by Crippen LogP contribution is 2.34. The van der Waals surface area contributed by atoms with E-state index >= 15 is 0 Å². The summed E-state index contributed by atoms with van der Waals surface area (Å²) in [6, 6.07) is -0.174. The molecule has 5 nitrogen and oxygen atoms in total. The molecular formula is C11H20N2O3. The highest BCUT2D eigenvalue weighted by molar-refractivity contribution is 5.77. The van der Waals surface area contributed by atoms with E-state index in [0.717, 1.165) is 19.4 Å². The Kier molecular flexibility index (Phi) is 5.25. The van der Waals surface area contributed by atoms with Crippen molar-refractivity contribution in [2.45, 2.75) is 38.6 Å². The first kappa shape index (κ1) is 13.0. The lowest BCUT2D eigenvalue weighted by Gasteiger charge is -2.16. The molecule has 0 spiro atoms. The van der Waals surface area contributed by atoms with Gasteiger partial charge in [-0.05, 0) is 25.3 Å². The number of amides is 1. The fraction of sp³-hybridized carbons (Fsp3) is 0.818. The number of hydrogen-bond acceptors (Lipinski definition) is 3. The third-order valence-corrected chi connectivity index (χ3v) is 2.71. The van der Waals surface area contributed by atoms with Crippen molar-refractivity contribution in [3.05, 3.63) is 0 Å². The summed E-state index contributed by atoms with van der Waals surface area (Å²) in [5.41, 5.74) is 0. The number of aliphatic carboxylic acids is 1. The number of nitrogens with one attached hydrogen (secondary N) is 2. The van der Waals surface area contributed by atoms with E-state index in [1.165, 1.54) is 0 Å². The second kappa shape index (κ2) is 6.48. The normalized spacial score (nSPS) is 16.8. The molecule has 1 amide bonds. The van der Waals surface area contributed by atoms with Crippen LogP contribution in [0.25, 0.3) is 0 Å². The zero-order valence-corrected chi connectivity index (χ0v) is 9.66. The summed E-state index contributed by atoms with van der Waals surface area (Å²) >= 11 is 0. The fourth-order valence-electron chi connectivity index (χ4n) is 1.68. The lowest BCUT2D eigenvalue weighted by molar-refractivity contribution is -0.137. The van der Waals surface area contributed by atoms with E-state index in [0.29, 0.717) is 18.9 Å². The van der Waals surface area contributed by atoms with Crippen molar-refractivity contribution in [2.24, 2.45) is 5.92 Å². The second-order valence-electron chi connectivity index (χ2n) is 4.21. The van der Waals surface area contributed by atoms with Crippen molar-refractivity contribution in [2.75, 3.05) is 13.1 Å². The van der Waals surface area contributed by atoms with Crippen LogP contribution in [0, 0.1) is 5.92 Å². The SMILES string of the molecule is CCNCCC(=O)NC(CC(=O)O)C1CC1. The number of carbonyl (C=O) groups is 2. The molecule has 0 aromatic heterocycles. The van der Waals surface area contributed by atoms with Crippen LogP contribution in [0.1, 0.15) is 32.6 Å². The average molecular weight is 228 g/mol. The van der Waals surface area contributed by atoms with Gasteiger partial charge in [-0.2, -0.15) is 0 Å². The first-order chi connectivity index (χ1) is 7.63. The Hall–Kier alpha value is -1.10. The maximum absolute atomic E-state index is 11.5. The van der Waals surface area contributed by atoms with Crippen LogP contribution in [0.2, 0.25) is 0 Å². The van der Waals surface area contributed by atoms with E-state index in [1.54, 1.807) is 0 Å². The van der Waals surface area contributed by atoms with E-state index in [4.69, 9.17) is 5.11 Å². The Morgan fingerprint density at radius 1 is 1.44 bits per heavy atom. The van der Waals surface area contributed by atoms with E-state index in [1.807, 2.05) is 6.92 Å². The smallest absolute Gasteiger partial charge is 0.305 e. The maximum Gasteiger partial charge on any atom is 0.305 e. The van der Waals surface area contributed by atoms with Crippen LogP contribution in [-0.4, -0.2) is 36.1 Å². The first-order valence-electron chi connectivity index (χ1n) is 5.85. The Morgan fingerprint density at radius 3 is 2.62 bits per heavy atom. The molecule has 0 heterocycles. The Labute approximate surface area is 95.6 Å². The van der Waals surface area contributed by atoms with Gasteiger partial charge in [0, 0.05) is 19.0 Å². The zero-order chi connectivity index (χ0) is 12.0. The third-order valence-electron chi connectivity index (χ3n) is 2.71. The van der Waals surface area contributed by atoms with Gasteiger partial charge in [0.25, 0.3) is 0 Å². The zero-order valence-electron chi connectivity index (χ0n) is 9.66. The van der Waals surface area contributed by atoms with E-state index < -0.39 is 5.97 Å². The monoisotopic (exact) mass is 228 g/mol. The summed E-state index contributed by atoms with van der Waals surface area (Å²) in [6.07, 6.45) is 2.52. The molecular weight excluding hydrogens is 208 g/mol. The lowest BCUT2D eigenvalue weighted by Crippen LogP contribution is -2.39. The molecule has 92 valence electrons. The molecule has 1 saturated carbocycles. The predicted octanol–water partition coefficient (Wildman–Crippen LogP) is 0.355. The minimum atomic E-state index is -0.844. The van der Waals surface area contributed by atoms with Crippen LogP contribution >= 0.6 is 0 Å². The fourth-order valence-corrected chi connectivity index (χ4v) is 1.68. The maximum atomic E-state index is 11.5. The van der Waals surface area contributed by atoms with E-state index in [2.05, 4.69) is 10.6 Å². The van der Waals surface area contributed by atoms with Crippen molar-refractivity contribution >= 4 is 11.9 Å². The van der Waals surface area contributed by atoms with Gasteiger partial charge in [0.2, 0.25) is 5.91 Å². The van der Waals surface area contributed by atoms with Crippen LogP contribution in [0.15, 0.2) is 0 Å². The van der Waals surface area contributed by atoms with Crippen LogP contribution in [0.4, 0.5) is 0 Å². The standard InChI is InChI=1S/C11H20N2O3/c1-2-12-6-5-10(14)13-9(7-11(15)16)8-3-4-8/h8-9,12H,2-7H2,1H3,(H,13,14)(H,15,16). The van der Waals surface area contributed by atoms with E-state index in [-0.39, 0.29) is 18.4 Å². The summed E-state index contributed by atoms with van der Waals surface area (Å²) in [7, 11) is 0. The van der Waals surface area contributed by atoms with Gasteiger partial charge in [-0.1, -0.05) is 6.92 Å². The van der Waals surface area contributed by atoms with Crippen LogP contribution in [0.5, 0.6) is 0 Å². The molecule has 0 aromatic carbocycles. The summed E-state index contributed by atoms with van der Waals surface area (Å²) in [6.45, 7) is 3.47. The molecule has 3 N–H and O–H groups in total. The largest absolute Gasteiger partial charge is 0.481 e. The first-order valence-corrected chi connectivity index (χ1v) is 5.85. The molecule has 0 saturated heterocycles. The number of carboxylic acids is 1. The minimum absolute atomic E-state index is 0.0393. The lowest BCUT2D eigenvalue weighted by atomic mass is 10.1. The minimum Gasteiger partial charge on any atom is -0.481 e. The van der Waals surface area contributed by atoms with Crippen molar-refractivity contribution in [3.8, 4) is 0 Å². The van der Waals surface area contributed by atoms with Crippen molar-refractivity contribution < 1.29 is 14.7 Å². The van der Waals surface area contributed by atoms with Gasteiger partial charge < -0.3 is 15.7 Å². The quantitative estimate of drug-likeness (QED) is 0.524. The third kappa shape index (κ3) is 5.11. The Balaban J connectivity index is 2.24. The van der Waals surface area contributed by atoms with Gasteiger partial charge in [-0.25, -0.2) is 0 Å². The Bertz CT molecular complexity index is 252. The highest BCUT2D eigenvalue weighted by atomic mass is 16.4. The molecule has 1 fully saturated rings. The molecule has 5 heteroatoms. The summed E-state index contributed by atoms with van der Waals surface area (Å²) < 4.78 is 0. The topological polar surface area (TPSA) is 78.4 Å². The number of hydrogen-bond donors (Lipinski definition) is 3. The predicted molar refractivity (Wildman–Crippen MR) is 60.1 cm³/mol. The summed E-state index contributed by atoms with van der Waals surface area (Å²) in [4.78, 5) is 22.1. The number of carbonyl (C=O) groups excluding carboxylic acids is 1. The van der Waals surface area contributed by atoms with Crippen molar-refractivity contribution in [1.82, 2.24) is 10.6 Å². The number of carboxylic acid groups (broad SMARTS) is 1. The van der Waals surface area contributed by atoms with Crippen molar-refractivity contribution in [1.29, 1.82) is 0 Å². The van der Waals surface area contributed by atoms with Gasteiger partial charge in [0.1, 0.15) is 0 Å². The Morgan fingerprint density at radius 2 is 2.12 bits per heavy atom. The van der Waals surface area contributed by atoms with Gasteiger partial charge >= 0.3 is 5.97 Å². The summed E-state index contributed by atoms with van der Waals surface area (Å²) in [5.74, 6) is -0.526. The van der Waals surface area contributed by atoms with Crippen molar-refractivity contribution in [3.63, 3.8) is 0 Å².